The number of allylic oxidation sites excluding steroid dienone is 2. The number of rotatable bonds is 35. The molecule has 1 aromatic rings. The maximum Gasteiger partial charge on any atom is 0.246 e. The normalized spacial score (nSPS) is 15.8. The molecule has 1 unspecified atom stereocenters. The number of aliphatic hydroxyl groups excluding tert-OH is 1. The second kappa shape index (κ2) is 36.8. The molecule has 23 nitrogen and oxygen atoms in total. The van der Waals surface area contributed by atoms with Crippen LogP contribution in [0, 0.1) is 40.9 Å². The van der Waals surface area contributed by atoms with Gasteiger partial charge in [-0.15, -0.1) is 0 Å². The zero-order valence-corrected chi connectivity index (χ0v) is 58.9. The van der Waals surface area contributed by atoms with Gasteiger partial charge in [0.15, 0.2) is 0 Å². The van der Waals surface area contributed by atoms with E-state index in [0.717, 1.165) is 15.4 Å². The minimum absolute atomic E-state index is 0.0411. The van der Waals surface area contributed by atoms with Crippen LogP contribution in [0.5, 0.6) is 0 Å². The Morgan fingerprint density at radius 1 is 0.544 bits per heavy atom. The molecule has 0 aliphatic carbocycles. The lowest BCUT2D eigenvalue weighted by Gasteiger charge is -2.41. The molecule has 6 N–H and O–H groups in total. The molecule has 12 atom stereocenters. The van der Waals surface area contributed by atoms with Gasteiger partial charge in [0.05, 0.1) is 12.6 Å². The minimum Gasteiger partial charge on any atom is -0.390 e. The SMILES string of the molecule is C/C=C/C[C@@H](C)[C@H](O)C(C(=O)N[C@H](CC)C(=O)N(C)CC(=O)N(C)[C@@H](Cc1ccccc1)C(N)=O)N(C)C(=O)[C@@H](C(C)C)N(C)C(=O)[C@@H](CC(C)C)N(C)C(=O)[C@@H](CC(C)C)N(C)C(=O)[C@H](C)NC(=O)[C@@H](CC(C)C)NC(=O)[C@H](C)N(C)C(=O)[C@H](C)C(C)(C)C. The molecule has 0 saturated heterocycles. The van der Waals surface area contributed by atoms with Crippen LogP contribution in [0.4, 0.5) is 0 Å². The van der Waals surface area contributed by atoms with Gasteiger partial charge in [0.1, 0.15) is 54.4 Å². The summed E-state index contributed by atoms with van der Waals surface area (Å²) < 4.78 is 0. The number of amides is 11. The van der Waals surface area contributed by atoms with Gasteiger partial charge in [-0.1, -0.05) is 139 Å². The summed E-state index contributed by atoms with van der Waals surface area (Å²) in [5.41, 5.74) is 6.14. The number of nitrogens with one attached hydrogen (secondary N) is 3. The fourth-order valence-electron chi connectivity index (χ4n) is 10.7. The van der Waals surface area contributed by atoms with Gasteiger partial charge in [-0.05, 0) is 93.4 Å². The number of nitrogens with two attached hydrogens (primary N) is 1. The van der Waals surface area contributed by atoms with Crippen LogP contribution >= 0.6 is 0 Å². The lowest BCUT2D eigenvalue weighted by molar-refractivity contribution is -0.157. The van der Waals surface area contributed by atoms with Gasteiger partial charge in [-0.25, -0.2) is 0 Å². The van der Waals surface area contributed by atoms with E-state index in [1.54, 1.807) is 91.9 Å². The molecule has 23 heteroatoms. The van der Waals surface area contributed by atoms with Crippen LogP contribution in [0.3, 0.4) is 0 Å². The van der Waals surface area contributed by atoms with Crippen LogP contribution in [0.1, 0.15) is 155 Å². The topological polar surface area (TPSA) is 293 Å². The van der Waals surface area contributed by atoms with E-state index >= 15 is 14.4 Å². The molecule has 0 aliphatic rings. The van der Waals surface area contributed by atoms with Gasteiger partial charge < -0.3 is 61.1 Å². The Labute approximate surface area is 538 Å². The third kappa shape index (κ3) is 23.4. The summed E-state index contributed by atoms with van der Waals surface area (Å²) in [4.78, 5) is 164. The van der Waals surface area contributed by atoms with Crippen molar-refractivity contribution in [2.24, 2.45) is 46.7 Å². The van der Waals surface area contributed by atoms with E-state index in [1.807, 2.05) is 68.4 Å². The lowest BCUT2D eigenvalue weighted by atomic mass is 9.81. The second-order valence-corrected chi connectivity index (χ2v) is 27.4. The van der Waals surface area contributed by atoms with Gasteiger partial charge in [0.25, 0.3) is 0 Å². The van der Waals surface area contributed by atoms with Gasteiger partial charge in [0, 0.05) is 61.7 Å². The highest BCUT2D eigenvalue weighted by molar-refractivity contribution is 5.99. The van der Waals surface area contributed by atoms with E-state index in [1.165, 1.54) is 73.7 Å². The highest BCUT2D eigenvalue weighted by Crippen LogP contribution is 2.28. The third-order valence-electron chi connectivity index (χ3n) is 17.2. The summed E-state index contributed by atoms with van der Waals surface area (Å²) >= 11 is 0. The van der Waals surface area contributed by atoms with Crippen LogP contribution in [0.2, 0.25) is 0 Å². The number of hydrogen-bond donors (Lipinski definition) is 5. The van der Waals surface area contributed by atoms with E-state index in [4.69, 9.17) is 5.73 Å². The van der Waals surface area contributed by atoms with Crippen LogP contribution in [-0.2, 0) is 59.2 Å². The van der Waals surface area contributed by atoms with Crippen LogP contribution < -0.4 is 21.7 Å². The van der Waals surface area contributed by atoms with Crippen molar-refractivity contribution in [1.29, 1.82) is 0 Å². The fraction of sp³-hybridized carbons (Fsp3) is 0.716. The van der Waals surface area contributed by atoms with E-state index in [-0.39, 0.29) is 61.2 Å². The number of likely N-dealkylation sites (N-methyl/N-ethyl adjacent to an activating group) is 7. The lowest BCUT2D eigenvalue weighted by Crippen LogP contribution is -2.63. The van der Waals surface area contributed by atoms with Gasteiger partial charge in [-0.3, -0.25) is 52.7 Å². The summed E-state index contributed by atoms with van der Waals surface area (Å²) in [6.07, 6.45) is 3.08. The first-order valence-corrected chi connectivity index (χ1v) is 31.9. The first-order valence-electron chi connectivity index (χ1n) is 31.9. The first kappa shape index (κ1) is 81.1. The predicted octanol–water partition coefficient (Wildman–Crippen LogP) is 4.48. The predicted molar refractivity (Wildman–Crippen MR) is 350 cm³/mol. The molecule has 1 aromatic carbocycles. The van der Waals surface area contributed by atoms with Crippen molar-refractivity contribution in [2.75, 3.05) is 55.9 Å². The highest BCUT2D eigenvalue weighted by atomic mass is 16.3. The van der Waals surface area contributed by atoms with Crippen molar-refractivity contribution in [2.45, 2.75) is 217 Å². The summed E-state index contributed by atoms with van der Waals surface area (Å²) in [6.45, 7) is 30.1. The monoisotopic (exact) mass is 1270 g/mol. The fourth-order valence-corrected chi connectivity index (χ4v) is 10.7. The Morgan fingerprint density at radius 2 is 1.02 bits per heavy atom. The Morgan fingerprint density at radius 3 is 1.48 bits per heavy atom. The molecule has 0 bridgehead atoms. The molecule has 90 heavy (non-hydrogen) atoms. The highest BCUT2D eigenvalue weighted by Gasteiger charge is 2.45. The van der Waals surface area contributed by atoms with E-state index in [2.05, 4.69) is 16.0 Å². The molecule has 0 spiro atoms. The maximum atomic E-state index is 15.2. The van der Waals surface area contributed by atoms with Crippen LogP contribution in [0.25, 0.3) is 0 Å². The molecule has 0 fully saturated rings. The van der Waals surface area contributed by atoms with Crippen LogP contribution in [-0.4, -0.2) is 221 Å². The van der Waals surface area contributed by atoms with Crippen molar-refractivity contribution < 1.29 is 57.8 Å². The van der Waals surface area contributed by atoms with Crippen LogP contribution in [0.15, 0.2) is 42.5 Å². The standard InChI is InChI=1S/C67H115N11O12/c1-25-27-31-43(11)56(80)55(60(84)70-48(26-2)63(87)72(18)38-53(79)74(20)50(57(68)81)37-47-32-29-28-30-33-47)78(24)66(90)54(42(9)10)77(23)65(89)52(36-41(7)8)76(22)64(88)51(35-40(5)6)75(21)62(86)45(13)69-59(83)49(34-39(3)4)71-58(82)46(14)73(19)61(85)44(12)67(15,16)17/h25,27-30,32-33,39-46,48-52,54-56,80H,26,31,34-38H2,1-24H3,(H2,68,81)(H,69,83)(H,70,84)(H,71,82)/b27-25+/t43-,44+,45+,46+,48-,49-,50+,51-,52-,54-,55?,56+/m1/s1. The molecule has 0 aliphatic heterocycles. The molecule has 0 radical (unpaired) electrons. The largest absolute Gasteiger partial charge is 0.390 e. The second-order valence-electron chi connectivity index (χ2n) is 27.4. The molecule has 510 valence electrons. The van der Waals surface area contributed by atoms with Crippen molar-refractivity contribution >= 4 is 65.0 Å². The average Bonchev–Trinajstić information content (AvgIpc) is 0.853. The number of aliphatic hydroxyl groups is 1. The molecule has 0 heterocycles. The van der Waals surface area contributed by atoms with Gasteiger partial charge >= 0.3 is 0 Å². The number of hydrogen-bond acceptors (Lipinski definition) is 12. The zero-order chi connectivity index (χ0) is 69.7. The number of primary amides is 1. The number of benzene rings is 1. The van der Waals surface area contributed by atoms with Gasteiger partial charge in [-0.2, -0.15) is 0 Å². The summed E-state index contributed by atoms with van der Waals surface area (Å²) in [7, 11) is 10.0. The molecular weight excluding hydrogens is 1150 g/mol. The zero-order valence-electron chi connectivity index (χ0n) is 58.9. The van der Waals surface area contributed by atoms with Crippen molar-refractivity contribution in [3.63, 3.8) is 0 Å². The quantitative estimate of drug-likeness (QED) is 0.0589. The summed E-state index contributed by atoms with van der Waals surface area (Å²) in [5.74, 6) is -8.81. The minimum atomic E-state index is -1.61. The number of nitrogens with zero attached hydrogens (tertiary/aromatic N) is 7. The Kier molecular flexibility index (Phi) is 33.2. The molecule has 1 rings (SSSR count). The smallest absolute Gasteiger partial charge is 0.246 e. The maximum absolute atomic E-state index is 15.2. The van der Waals surface area contributed by atoms with Crippen molar-refractivity contribution in [3.8, 4) is 0 Å². The number of carbonyl (C=O) groups is 11. The molecular formula is C67H115N11O12. The van der Waals surface area contributed by atoms with Crippen molar-refractivity contribution in [1.82, 2.24) is 50.2 Å². The molecule has 0 saturated carbocycles. The van der Waals surface area contributed by atoms with Gasteiger partial charge in [0.2, 0.25) is 65.0 Å². The Bertz CT molecular complexity index is 2610. The van der Waals surface area contributed by atoms with E-state index in [9.17, 15) is 43.5 Å². The Balaban J connectivity index is 3.66. The summed E-state index contributed by atoms with van der Waals surface area (Å²) in [5, 5.41) is 20.3. The van der Waals surface area contributed by atoms with E-state index < -0.39 is 144 Å². The number of carbonyl (C=O) groups excluding carboxylic acids is 11. The third-order valence-corrected chi connectivity index (χ3v) is 17.2. The average molecular weight is 1270 g/mol. The molecule has 11 amide bonds. The summed E-state index contributed by atoms with van der Waals surface area (Å²) in [6, 6.07) is -1.63. The van der Waals surface area contributed by atoms with E-state index in [0.29, 0.717) is 6.42 Å². The first-order chi connectivity index (χ1) is 41.5. The Hall–Kier alpha value is -6.91. The van der Waals surface area contributed by atoms with Crippen molar-refractivity contribution in [3.05, 3.63) is 48.0 Å². The molecule has 0 aromatic heterocycles.